The summed E-state index contributed by atoms with van der Waals surface area (Å²) in [6.07, 6.45) is 1.30. The number of hydrogen-bond acceptors (Lipinski definition) is 4. The summed E-state index contributed by atoms with van der Waals surface area (Å²) in [6.45, 7) is 0. The van der Waals surface area contributed by atoms with Crippen LogP contribution in [0.3, 0.4) is 0 Å². The molecule has 1 aromatic carbocycles. The Morgan fingerprint density at radius 3 is 3.11 bits per heavy atom. The van der Waals surface area contributed by atoms with E-state index in [2.05, 4.69) is 19.8 Å². The van der Waals surface area contributed by atoms with Crippen LogP contribution in [0, 0.1) is 0 Å². The van der Waals surface area contributed by atoms with Crippen molar-refractivity contribution in [2.75, 3.05) is 0 Å². The second kappa shape index (κ2) is 4.29. The number of aromatic amines is 1. The molecule has 0 bridgehead atoms. The van der Waals surface area contributed by atoms with Crippen molar-refractivity contribution in [1.82, 2.24) is 19.7 Å². The molecule has 3 aromatic rings. The van der Waals surface area contributed by atoms with Crippen LogP contribution in [-0.4, -0.2) is 31.0 Å². The van der Waals surface area contributed by atoms with Crippen LogP contribution >= 0.6 is 11.6 Å². The van der Waals surface area contributed by atoms with Crippen LogP contribution in [0.15, 0.2) is 30.6 Å². The first-order valence-electron chi connectivity index (χ1n) is 5.23. The maximum absolute atomic E-state index is 10.4. The minimum Gasteiger partial charge on any atom is -0.449 e. The van der Waals surface area contributed by atoms with Crippen molar-refractivity contribution in [3.05, 3.63) is 35.6 Å². The molecule has 8 heteroatoms. The minimum atomic E-state index is -1.39. The summed E-state index contributed by atoms with van der Waals surface area (Å²) < 4.78 is 5.86. The first-order valence-corrected chi connectivity index (χ1v) is 5.61. The number of H-pyrrole nitrogens is 1. The van der Waals surface area contributed by atoms with Crippen LogP contribution in [-0.2, 0) is 0 Å². The summed E-state index contributed by atoms with van der Waals surface area (Å²) in [4.78, 5) is 17.7. The van der Waals surface area contributed by atoms with Crippen molar-refractivity contribution < 1.29 is 14.6 Å². The van der Waals surface area contributed by atoms with Gasteiger partial charge in [-0.25, -0.2) is 14.5 Å². The van der Waals surface area contributed by atoms with E-state index in [1.165, 1.54) is 17.1 Å². The van der Waals surface area contributed by atoms with E-state index < -0.39 is 6.16 Å². The van der Waals surface area contributed by atoms with Crippen LogP contribution in [0.5, 0.6) is 5.75 Å². The predicted octanol–water partition coefficient (Wildman–Crippen LogP) is 2.46. The molecular weight excluding hydrogens is 272 g/mol. The number of benzene rings is 1. The Kier molecular flexibility index (Phi) is 2.60. The van der Waals surface area contributed by atoms with Crippen LogP contribution in [0.2, 0.25) is 5.02 Å². The van der Waals surface area contributed by atoms with E-state index in [0.717, 1.165) is 11.0 Å². The molecular formula is C11H7ClN4O3. The molecule has 0 aliphatic heterocycles. The van der Waals surface area contributed by atoms with Crippen molar-refractivity contribution in [3.8, 4) is 11.7 Å². The number of ether oxygens (including phenoxy) is 1. The van der Waals surface area contributed by atoms with Crippen LogP contribution in [0.4, 0.5) is 4.79 Å². The fraction of sp³-hybridized carbons (Fsp3) is 0. The third kappa shape index (κ3) is 2.23. The second-order valence-corrected chi connectivity index (χ2v) is 4.15. The van der Waals surface area contributed by atoms with Gasteiger partial charge < -0.3 is 14.8 Å². The van der Waals surface area contributed by atoms with E-state index in [1.54, 1.807) is 18.2 Å². The number of halogens is 1. The summed E-state index contributed by atoms with van der Waals surface area (Å²) in [5.74, 6) is 0.559. The Morgan fingerprint density at radius 1 is 1.47 bits per heavy atom. The fourth-order valence-electron chi connectivity index (χ4n) is 1.65. The van der Waals surface area contributed by atoms with Gasteiger partial charge in [0.05, 0.1) is 23.4 Å². The summed E-state index contributed by atoms with van der Waals surface area (Å²) in [6, 6.07) is 5.25. The molecule has 0 amide bonds. The minimum absolute atomic E-state index is 0.117. The molecule has 0 radical (unpaired) electrons. The SMILES string of the molecule is O=C(O)Oc1cnn(-c2nc3ccc(Cl)cc3[nH]2)c1. The smallest absolute Gasteiger partial charge is 0.449 e. The van der Waals surface area contributed by atoms with Gasteiger partial charge in [-0.3, -0.25) is 0 Å². The first-order chi connectivity index (χ1) is 9.11. The predicted molar refractivity (Wildman–Crippen MR) is 66.9 cm³/mol. The molecule has 0 aliphatic carbocycles. The van der Waals surface area contributed by atoms with Crippen molar-refractivity contribution in [3.63, 3.8) is 0 Å². The third-order valence-electron chi connectivity index (χ3n) is 2.41. The average Bonchev–Trinajstić information content (AvgIpc) is 2.93. The first kappa shape index (κ1) is 11.5. The molecule has 0 fully saturated rings. The molecule has 3 rings (SSSR count). The van der Waals surface area contributed by atoms with Crippen LogP contribution in [0.25, 0.3) is 17.0 Å². The van der Waals surface area contributed by atoms with Gasteiger partial charge in [0.15, 0.2) is 5.75 Å². The zero-order valence-corrected chi connectivity index (χ0v) is 10.1. The zero-order chi connectivity index (χ0) is 13.4. The van der Waals surface area contributed by atoms with Gasteiger partial charge in [0, 0.05) is 5.02 Å². The number of carbonyl (C=O) groups is 1. The molecule has 96 valence electrons. The van der Waals surface area contributed by atoms with Crippen LogP contribution < -0.4 is 4.74 Å². The maximum atomic E-state index is 10.4. The lowest BCUT2D eigenvalue weighted by Crippen LogP contribution is -2.02. The van der Waals surface area contributed by atoms with Gasteiger partial charge in [-0.2, -0.15) is 5.10 Å². The summed E-state index contributed by atoms with van der Waals surface area (Å²) in [5.41, 5.74) is 1.49. The molecule has 0 atom stereocenters. The summed E-state index contributed by atoms with van der Waals surface area (Å²) in [5, 5.41) is 13.0. The Morgan fingerprint density at radius 2 is 2.32 bits per heavy atom. The Bertz CT molecular complexity index is 764. The number of rotatable bonds is 2. The Labute approximate surface area is 111 Å². The molecule has 0 spiro atoms. The lowest BCUT2D eigenvalue weighted by Gasteiger charge is -1.93. The van der Waals surface area contributed by atoms with E-state index in [1.807, 2.05) is 0 Å². The van der Waals surface area contributed by atoms with Gasteiger partial charge in [0.1, 0.15) is 0 Å². The Hall–Kier alpha value is -2.54. The van der Waals surface area contributed by atoms with E-state index in [4.69, 9.17) is 16.7 Å². The van der Waals surface area contributed by atoms with Crippen molar-refractivity contribution >= 4 is 28.8 Å². The topological polar surface area (TPSA) is 93.0 Å². The van der Waals surface area contributed by atoms with Crippen molar-refractivity contribution in [1.29, 1.82) is 0 Å². The molecule has 0 saturated heterocycles. The van der Waals surface area contributed by atoms with E-state index in [-0.39, 0.29) is 5.75 Å². The molecule has 0 unspecified atom stereocenters. The second-order valence-electron chi connectivity index (χ2n) is 3.71. The van der Waals surface area contributed by atoms with Gasteiger partial charge in [-0.1, -0.05) is 11.6 Å². The average molecular weight is 279 g/mol. The number of nitrogens with one attached hydrogen (secondary N) is 1. The zero-order valence-electron chi connectivity index (χ0n) is 9.37. The van der Waals surface area contributed by atoms with Gasteiger partial charge in [-0.05, 0) is 18.2 Å². The number of hydrogen-bond donors (Lipinski definition) is 2. The van der Waals surface area contributed by atoms with Crippen LogP contribution in [0.1, 0.15) is 0 Å². The normalized spacial score (nSPS) is 10.8. The highest BCUT2D eigenvalue weighted by Gasteiger charge is 2.09. The molecule has 0 aliphatic rings. The number of fused-ring (bicyclic) bond motifs is 1. The number of nitrogens with zero attached hydrogens (tertiary/aromatic N) is 3. The molecule has 2 aromatic heterocycles. The summed E-state index contributed by atoms with van der Waals surface area (Å²) in [7, 11) is 0. The van der Waals surface area contributed by atoms with Gasteiger partial charge in [0.25, 0.3) is 0 Å². The van der Waals surface area contributed by atoms with Gasteiger partial charge in [-0.15, -0.1) is 0 Å². The maximum Gasteiger partial charge on any atom is 0.511 e. The monoisotopic (exact) mass is 278 g/mol. The third-order valence-corrected chi connectivity index (χ3v) is 2.65. The van der Waals surface area contributed by atoms with Crippen molar-refractivity contribution in [2.24, 2.45) is 0 Å². The Balaban J connectivity index is 1.99. The standard InChI is InChI=1S/C11H7ClN4O3/c12-6-1-2-8-9(3-6)15-10(14-8)16-5-7(4-13-16)19-11(17)18/h1-5H,(H,14,15)(H,17,18). The molecule has 2 heterocycles. The highest BCUT2D eigenvalue weighted by molar-refractivity contribution is 6.31. The van der Waals surface area contributed by atoms with E-state index in [9.17, 15) is 4.79 Å². The highest BCUT2D eigenvalue weighted by Crippen LogP contribution is 2.19. The van der Waals surface area contributed by atoms with E-state index >= 15 is 0 Å². The lowest BCUT2D eigenvalue weighted by molar-refractivity contribution is 0.144. The van der Waals surface area contributed by atoms with E-state index in [0.29, 0.717) is 11.0 Å². The molecule has 2 N–H and O–H groups in total. The lowest BCUT2D eigenvalue weighted by atomic mass is 10.3. The number of carboxylic acid groups (broad SMARTS) is 1. The number of imidazole rings is 1. The quantitative estimate of drug-likeness (QED) is 0.702. The largest absolute Gasteiger partial charge is 0.511 e. The summed E-state index contributed by atoms with van der Waals surface area (Å²) >= 11 is 5.88. The molecule has 0 saturated carbocycles. The van der Waals surface area contributed by atoms with Crippen molar-refractivity contribution in [2.45, 2.75) is 0 Å². The highest BCUT2D eigenvalue weighted by atomic mass is 35.5. The molecule has 7 nitrogen and oxygen atoms in total. The van der Waals surface area contributed by atoms with Gasteiger partial charge >= 0.3 is 6.16 Å². The fourth-order valence-corrected chi connectivity index (χ4v) is 1.82. The van der Waals surface area contributed by atoms with Gasteiger partial charge in [0.2, 0.25) is 5.95 Å². The molecule has 19 heavy (non-hydrogen) atoms. The number of aromatic nitrogens is 4.